The van der Waals surface area contributed by atoms with Crippen LogP contribution >= 0.6 is 11.3 Å². The quantitative estimate of drug-likeness (QED) is 0.781. The number of urea groups is 1. The van der Waals surface area contributed by atoms with E-state index < -0.39 is 12.1 Å². The number of carbonyl (C=O) groups excluding carboxylic acids is 1. The summed E-state index contributed by atoms with van der Waals surface area (Å²) < 4.78 is 5.04. The third kappa shape index (κ3) is 4.40. The second-order valence-electron chi connectivity index (χ2n) is 4.25. The van der Waals surface area contributed by atoms with Crippen LogP contribution in [0.25, 0.3) is 0 Å². The summed E-state index contributed by atoms with van der Waals surface area (Å²) in [5, 5.41) is 23.9. The van der Waals surface area contributed by atoms with E-state index in [4.69, 9.17) is 4.74 Å². The highest BCUT2D eigenvalue weighted by molar-refractivity contribution is 7.15. The van der Waals surface area contributed by atoms with Crippen molar-refractivity contribution in [1.82, 2.24) is 15.5 Å². The van der Waals surface area contributed by atoms with Crippen molar-refractivity contribution in [2.45, 2.75) is 13.0 Å². The summed E-state index contributed by atoms with van der Waals surface area (Å²) in [5.41, 5.74) is 0.697. The number of amides is 2. The van der Waals surface area contributed by atoms with Gasteiger partial charge in [0.2, 0.25) is 5.13 Å². The summed E-state index contributed by atoms with van der Waals surface area (Å²) in [6.07, 6.45) is -0.794. The van der Waals surface area contributed by atoms with Gasteiger partial charge in [0.1, 0.15) is 10.8 Å². The van der Waals surface area contributed by atoms with Crippen molar-refractivity contribution in [2.75, 3.05) is 19.0 Å². The maximum absolute atomic E-state index is 11.6. The summed E-state index contributed by atoms with van der Waals surface area (Å²) in [6, 6.07) is 6.57. The van der Waals surface area contributed by atoms with Crippen LogP contribution in [0.15, 0.2) is 24.3 Å². The van der Waals surface area contributed by atoms with Gasteiger partial charge in [-0.1, -0.05) is 23.5 Å². The minimum atomic E-state index is -0.794. The van der Waals surface area contributed by atoms with Gasteiger partial charge in [0.15, 0.2) is 0 Å². The van der Waals surface area contributed by atoms with E-state index in [0.717, 1.165) is 5.01 Å². The molecule has 0 saturated carbocycles. The highest BCUT2D eigenvalue weighted by atomic mass is 32.1. The van der Waals surface area contributed by atoms with Crippen LogP contribution in [-0.2, 0) is 0 Å². The van der Waals surface area contributed by atoms with E-state index in [1.54, 1.807) is 38.3 Å². The zero-order valence-electron chi connectivity index (χ0n) is 11.7. The van der Waals surface area contributed by atoms with Gasteiger partial charge < -0.3 is 15.2 Å². The van der Waals surface area contributed by atoms with E-state index in [1.165, 1.54) is 11.3 Å². The van der Waals surface area contributed by atoms with Gasteiger partial charge in [0, 0.05) is 6.54 Å². The standard InChI is InChI=1S/C13H16N4O3S/c1-8-16-17-13(21-8)15-12(19)14-7-11(18)9-3-5-10(20-2)6-4-9/h3-6,11,18H,7H2,1-2H3,(H2,14,15,17,19). The number of carbonyl (C=O) groups is 1. The van der Waals surface area contributed by atoms with E-state index in [-0.39, 0.29) is 6.54 Å². The number of hydrogen-bond donors (Lipinski definition) is 3. The van der Waals surface area contributed by atoms with Crippen molar-refractivity contribution in [3.05, 3.63) is 34.8 Å². The molecule has 7 nitrogen and oxygen atoms in total. The summed E-state index contributed by atoms with van der Waals surface area (Å²) in [7, 11) is 1.58. The number of nitrogens with one attached hydrogen (secondary N) is 2. The number of aromatic nitrogens is 2. The fourth-order valence-electron chi connectivity index (χ4n) is 1.62. The normalized spacial score (nSPS) is 11.8. The topological polar surface area (TPSA) is 96.4 Å². The maximum atomic E-state index is 11.6. The molecule has 0 fully saturated rings. The maximum Gasteiger partial charge on any atom is 0.321 e. The second-order valence-corrected chi connectivity index (χ2v) is 5.43. The molecule has 2 aromatic rings. The minimum absolute atomic E-state index is 0.0932. The first-order valence-electron chi connectivity index (χ1n) is 6.25. The Hall–Kier alpha value is -2.19. The molecular weight excluding hydrogens is 292 g/mol. The Morgan fingerprint density at radius 1 is 1.38 bits per heavy atom. The van der Waals surface area contributed by atoms with Gasteiger partial charge in [-0.3, -0.25) is 5.32 Å². The van der Waals surface area contributed by atoms with E-state index in [1.807, 2.05) is 0 Å². The molecule has 0 radical (unpaired) electrons. The number of nitrogens with zero attached hydrogens (tertiary/aromatic N) is 2. The first-order chi connectivity index (χ1) is 10.1. The third-order valence-corrected chi connectivity index (χ3v) is 3.46. The van der Waals surface area contributed by atoms with Crippen LogP contribution in [0.2, 0.25) is 0 Å². The number of hydrogen-bond acceptors (Lipinski definition) is 6. The highest BCUT2D eigenvalue weighted by Gasteiger charge is 2.11. The predicted molar refractivity (Wildman–Crippen MR) is 79.6 cm³/mol. The molecule has 2 amide bonds. The van der Waals surface area contributed by atoms with Crippen molar-refractivity contribution in [2.24, 2.45) is 0 Å². The molecule has 8 heteroatoms. The number of benzene rings is 1. The van der Waals surface area contributed by atoms with Gasteiger partial charge >= 0.3 is 6.03 Å². The lowest BCUT2D eigenvalue weighted by atomic mass is 10.1. The van der Waals surface area contributed by atoms with Gasteiger partial charge in [-0.15, -0.1) is 10.2 Å². The monoisotopic (exact) mass is 308 g/mol. The Balaban J connectivity index is 1.82. The van der Waals surface area contributed by atoms with Gasteiger partial charge in [-0.05, 0) is 24.6 Å². The van der Waals surface area contributed by atoms with Crippen LogP contribution in [-0.4, -0.2) is 35.0 Å². The average Bonchev–Trinajstić information content (AvgIpc) is 2.90. The van der Waals surface area contributed by atoms with Crippen molar-refractivity contribution >= 4 is 22.5 Å². The molecule has 0 aliphatic rings. The van der Waals surface area contributed by atoms with Crippen LogP contribution in [0.1, 0.15) is 16.7 Å². The number of aliphatic hydroxyl groups is 1. The predicted octanol–water partition coefficient (Wildman–Crippen LogP) is 1.71. The van der Waals surface area contributed by atoms with E-state index in [9.17, 15) is 9.90 Å². The Kier molecular flexibility index (Phi) is 5.07. The number of ether oxygens (including phenoxy) is 1. The lowest BCUT2D eigenvalue weighted by molar-refractivity contribution is 0.175. The second kappa shape index (κ2) is 7.00. The van der Waals surface area contributed by atoms with Crippen molar-refractivity contribution in [1.29, 1.82) is 0 Å². The molecule has 21 heavy (non-hydrogen) atoms. The molecule has 112 valence electrons. The van der Waals surface area contributed by atoms with E-state index in [0.29, 0.717) is 16.4 Å². The van der Waals surface area contributed by atoms with Crippen molar-refractivity contribution in [3.8, 4) is 5.75 Å². The summed E-state index contributed by atoms with van der Waals surface area (Å²) in [4.78, 5) is 11.6. The largest absolute Gasteiger partial charge is 0.497 e. The zero-order valence-corrected chi connectivity index (χ0v) is 12.5. The van der Waals surface area contributed by atoms with Gasteiger partial charge in [0.05, 0.1) is 13.2 Å². The Labute approximate surface area is 126 Å². The van der Waals surface area contributed by atoms with Gasteiger partial charge in [-0.25, -0.2) is 4.79 Å². The fourth-order valence-corrected chi connectivity index (χ4v) is 2.21. The van der Waals surface area contributed by atoms with Crippen LogP contribution in [0.4, 0.5) is 9.93 Å². The highest BCUT2D eigenvalue weighted by Crippen LogP contribution is 2.17. The molecule has 1 unspecified atom stereocenters. The molecule has 3 N–H and O–H groups in total. The molecule has 1 aromatic carbocycles. The molecule has 0 saturated heterocycles. The number of aryl methyl sites for hydroxylation is 1. The number of aliphatic hydroxyl groups excluding tert-OH is 1. The summed E-state index contributed by atoms with van der Waals surface area (Å²) >= 11 is 1.28. The Morgan fingerprint density at radius 2 is 2.10 bits per heavy atom. The molecular formula is C13H16N4O3S. The van der Waals surface area contributed by atoms with Crippen LogP contribution in [0.5, 0.6) is 5.75 Å². The SMILES string of the molecule is COc1ccc(C(O)CNC(=O)Nc2nnc(C)s2)cc1. The number of methoxy groups -OCH3 is 1. The smallest absolute Gasteiger partial charge is 0.321 e. The van der Waals surface area contributed by atoms with Gasteiger partial charge in [0.25, 0.3) is 0 Å². The summed E-state index contributed by atoms with van der Waals surface area (Å²) in [6.45, 7) is 1.89. The van der Waals surface area contributed by atoms with Crippen LogP contribution in [0.3, 0.4) is 0 Å². The van der Waals surface area contributed by atoms with E-state index in [2.05, 4.69) is 20.8 Å². The molecule has 1 heterocycles. The van der Waals surface area contributed by atoms with Crippen LogP contribution in [0, 0.1) is 6.92 Å². The lowest BCUT2D eigenvalue weighted by Gasteiger charge is -2.12. The third-order valence-electron chi connectivity index (χ3n) is 2.70. The first kappa shape index (κ1) is 15.2. The molecule has 0 bridgehead atoms. The van der Waals surface area contributed by atoms with Crippen molar-refractivity contribution in [3.63, 3.8) is 0 Å². The molecule has 1 aromatic heterocycles. The van der Waals surface area contributed by atoms with Crippen molar-refractivity contribution < 1.29 is 14.6 Å². The molecule has 0 aliphatic heterocycles. The molecule has 1 atom stereocenters. The Bertz CT molecular complexity index is 600. The average molecular weight is 308 g/mol. The Morgan fingerprint density at radius 3 is 2.67 bits per heavy atom. The first-order valence-corrected chi connectivity index (χ1v) is 7.07. The molecule has 0 spiro atoms. The minimum Gasteiger partial charge on any atom is -0.497 e. The van der Waals surface area contributed by atoms with Gasteiger partial charge in [-0.2, -0.15) is 0 Å². The lowest BCUT2D eigenvalue weighted by Crippen LogP contribution is -2.32. The van der Waals surface area contributed by atoms with Crippen LogP contribution < -0.4 is 15.4 Å². The summed E-state index contributed by atoms with van der Waals surface area (Å²) in [5.74, 6) is 0.711. The molecule has 2 rings (SSSR count). The zero-order chi connectivity index (χ0) is 15.2. The fraction of sp³-hybridized carbons (Fsp3) is 0.308. The van der Waals surface area contributed by atoms with E-state index >= 15 is 0 Å². The molecule has 0 aliphatic carbocycles. The number of rotatable bonds is 5. The number of anilines is 1.